The summed E-state index contributed by atoms with van der Waals surface area (Å²) in [5.74, 6) is 8.64. The van der Waals surface area contributed by atoms with Gasteiger partial charge in [-0.3, -0.25) is 9.98 Å². The molecule has 1 N–H and O–H groups in total. The molecule has 7 aliphatic rings. The van der Waals surface area contributed by atoms with Gasteiger partial charge in [0.15, 0.2) is 0 Å². The fourth-order valence-corrected chi connectivity index (χ4v) is 8.73. The monoisotopic (exact) mass is 595 g/mol. The molecular weight excluding hydrogens is 560 g/mol. The molecule has 1 aromatic carbocycles. The molecule has 4 fully saturated rings. The van der Waals surface area contributed by atoms with Crippen LogP contribution in [0.5, 0.6) is 0 Å². The molecule has 8 bridgehead atoms. The van der Waals surface area contributed by atoms with Gasteiger partial charge in [-0.25, -0.2) is 0 Å². The van der Waals surface area contributed by atoms with Crippen LogP contribution in [0.2, 0.25) is 0 Å². The third-order valence-electron chi connectivity index (χ3n) is 10.7. The predicted molar refractivity (Wildman–Crippen MR) is 161 cm³/mol. The van der Waals surface area contributed by atoms with Crippen molar-refractivity contribution in [3.8, 4) is 0 Å². The third kappa shape index (κ3) is 4.17. The molecule has 9 heteroatoms. The van der Waals surface area contributed by atoms with Gasteiger partial charge >= 0.3 is 17.1 Å². The van der Waals surface area contributed by atoms with Crippen LogP contribution in [0.3, 0.4) is 0 Å². The Morgan fingerprint density at radius 1 is 0.610 bits per heavy atom. The molecule has 8 nitrogen and oxygen atoms in total. The van der Waals surface area contributed by atoms with Crippen molar-refractivity contribution in [1.82, 2.24) is 4.98 Å². The zero-order chi connectivity index (χ0) is 26.2. The molecule has 215 valence electrons. The number of benzene rings is 1. The zero-order valence-electron chi connectivity index (χ0n) is 23.3. The Morgan fingerprint density at radius 3 is 1.93 bits per heavy atom. The van der Waals surface area contributed by atoms with E-state index in [0.717, 1.165) is 83.7 Å². The van der Waals surface area contributed by atoms with Gasteiger partial charge in [0.1, 0.15) is 0 Å². The average Bonchev–Trinajstić information content (AvgIpc) is 3.73. The van der Waals surface area contributed by atoms with Crippen LogP contribution in [0.25, 0.3) is 16.1 Å². The first-order chi connectivity index (χ1) is 19.8. The van der Waals surface area contributed by atoms with E-state index < -0.39 is 0 Å². The number of rotatable bonds is 0. The molecule has 0 spiro atoms. The van der Waals surface area contributed by atoms with E-state index in [0.29, 0.717) is 35.5 Å². The molecule has 9 rings (SSSR count). The molecule has 3 saturated carbocycles. The van der Waals surface area contributed by atoms with Gasteiger partial charge in [0.25, 0.3) is 0 Å². The number of fused-ring (bicyclic) bond motifs is 18. The number of amidine groups is 5. The molecular formula is C32H36CuN8. The van der Waals surface area contributed by atoms with Crippen LogP contribution in [0.1, 0.15) is 77.0 Å². The number of nitrogens with one attached hydrogen (secondary N) is 1. The van der Waals surface area contributed by atoms with E-state index in [1.54, 1.807) is 0 Å². The first kappa shape index (κ1) is 25.9. The minimum absolute atomic E-state index is 0. The molecule has 2 aromatic rings. The van der Waals surface area contributed by atoms with Crippen LogP contribution in [0.15, 0.2) is 49.2 Å². The Bertz CT molecular complexity index is 1530. The summed E-state index contributed by atoms with van der Waals surface area (Å²) < 4.78 is 0. The molecule has 7 unspecified atom stereocenters. The molecule has 4 aliphatic heterocycles. The van der Waals surface area contributed by atoms with E-state index in [4.69, 9.17) is 35.3 Å². The number of aliphatic imine (C=N–C) groups is 5. The Labute approximate surface area is 251 Å². The summed E-state index contributed by atoms with van der Waals surface area (Å²) in [5.41, 5.74) is 0. The van der Waals surface area contributed by atoms with E-state index in [2.05, 4.69) is 29.6 Å². The van der Waals surface area contributed by atoms with Crippen molar-refractivity contribution in [1.29, 1.82) is 0 Å². The number of nitrogens with zero attached hydrogens (tertiary/aromatic N) is 7. The van der Waals surface area contributed by atoms with Crippen molar-refractivity contribution >= 4 is 51.6 Å². The topological polar surface area (TPSA) is 102 Å². The average molecular weight is 596 g/mol. The number of hydrogen-bond acceptors (Lipinski definition) is 6. The van der Waals surface area contributed by atoms with Gasteiger partial charge in [0.2, 0.25) is 0 Å². The quantitative estimate of drug-likeness (QED) is 0.331. The summed E-state index contributed by atoms with van der Waals surface area (Å²) in [6, 6.07) is 8.46. The summed E-state index contributed by atoms with van der Waals surface area (Å²) in [6.45, 7) is 0. The fourth-order valence-electron chi connectivity index (χ4n) is 8.73. The van der Waals surface area contributed by atoms with Gasteiger partial charge in [0, 0.05) is 29.4 Å². The zero-order valence-corrected chi connectivity index (χ0v) is 24.2. The van der Waals surface area contributed by atoms with Crippen molar-refractivity contribution in [2.75, 3.05) is 5.32 Å². The van der Waals surface area contributed by atoms with E-state index >= 15 is 0 Å². The van der Waals surface area contributed by atoms with Crippen LogP contribution >= 0.6 is 0 Å². The molecule has 5 heterocycles. The normalized spacial score (nSPS) is 36.6. The molecule has 41 heavy (non-hydrogen) atoms. The van der Waals surface area contributed by atoms with Crippen molar-refractivity contribution in [2.45, 2.75) is 83.2 Å². The van der Waals surface area contributed by atoms with E-state index in [1.807, 2.05) is 0 Å². The second-order valence-electron chi connectivity index (χ2n) is 12.9. The van der Waals surface area contributed by atoms with E-state index in [9.17, 15) is 0 Å². The van der Waals surface area contributed by atoms with Crippen molar-refractivity contribution in [3.63, 3.8) is 0 Å². The summed E-state index contributed by atoms with van der Waals surface area (Å²) >= 11 is 0. The predicted octanol–water partition coefficient (Wildman–Crippen LogP) is 7.00. The largest absolute Gasteiger partial charge is 2.00 e. The molecule has 1 aromatic heterocycles. The molecule has 1 saturated heterocycles. The van der Waals surface area contributed by atoms with Crippen LogP contribution in [0.4, 0.5) is 11.6 Å². The Balaban J connectivity index is 0.00000256. The summed E-state index contributed by atoms with van der Waals surface area (Å²) in [5, 5.41) is 11.2. The first-order valence-corrected chi connectivity index (χ1v) is 15.8. The van der Waals surface area contributed by atoms with E-state index in [-0.39, 0.29) is 23.2 Å². The van der Waals surface area contributed by atoms with Crippen LogP contribution in [-0.4, -0.2) is 35.3 Å². The second kappa shape index (κ2) is 10.2. The Hall–Kier alpha value is -2.77. The van der Waals surface area contributed by atoms with Crippen LogP contribution < -0.4 is 10.3 Å². The number of aromatic nitrogens is 1. The Morgan fingerprint density at radius 2 is 1.20 bits per heavy atom. The van der Waals surface area contributed by atoms with Gasteiger partial charge in [0.05, 0.1) is 23.7 Å². The van der Waals surface area contributed by atoms with Gasteiger partial charge in [-0.1, -0.05) is 62.8 Å². The first-order valence-electron chi connectivity index (χ1n) is 15.8. The van der Waals surface area contributed by atoms with Crippen molar-refractivity contribution in [2.24, 2.45) is 60.5 Å². The van der Waals surface area contributed by atoms with Crippen LogP contribution in [0, 0.1) is 35.5 Å². The number of hydrogen-bond donors (Lipinski definition) is 1. The second-order valence-corrected chi connectivity index (χ2v) is 12.9. The molecule has 7 atom stereocenters. The minimum atomic E-state index is -0.0214. The maximum atomic E-state index is 5.31. The maximum absolute atomic E-state index is 5.31. The summed E-state index contributed by atoms with van der Waals surface area (Å²) in [6.07, 6.45) is 14.3. The standard InChI is InChI=1S/C32H36N8.Cu/c1-2-10-18-17(9-1)25-33-26(18)38-28-21-13-5-6-14-22(21)30(35-28)40-32-24-16-8-7-15-23(24)31(36-32)39-29-20-12-4-3-11-19(20)27(34-29)37-25;/h1-2,9-10,19-24,27,37H,3-8,11-16H2;/q-2;+2. The molecule has 1 radical (unpaired) electrons. The van der Waals surface area contributed by atoms with Crippen LogP contribution in [-0.2, 0) is 17.1 Å². The van der Waals surface area contributed by atoms with Crippen molar-refractivity contribution in [3.05, 3.63) is 29.6 Å². The van der Waals surface area contributed by atoms with Gasteiger partial charge in [-0.05, 0) is 78.7 Å². The smallest absolute Gasteiger partial charge is 0.420 e. The summed E-state index contributed by atoms with van der Waals surface area (Å²) in [7, 11) is 0. The molecule has 3 aliphatic carbocycles. The van der Waals surface area contributed by atoms with Gasteiger partial charge < -0.3 is 30.6 Å². The molecule has 0 amide bonds. The maximum Gasteiger partial charge on any atom is 2.00 e. The number of anilines is 1. The van der Waals surface area contributed by atoms with Gasteiger partial charge in [-0.15, -0.1) is 0 Å². The van der Waals surface area contributed by atoms with E-state index in [1.165, 1.54) is 44.9 Å². The van der Waals surface area contributed by atoms with Gasteiger partial charge in [-0.2, -0.15) is 0 Å². The van der Waals surface area contributed by atoms with Crippen molar-refractivity contribution < 1.29 is 17.1 Å². The summed E-state index contributed by atoms with van der Waals surface area (Å²) in [4.78, 5) is 31.3. The Kier molecular flexibility index (Phi) is 6.44. The third-order valence-corrected chi connectivity index (χ3v) is 10.7. The minimum Gasteiger partial charge on any atom is -0.420 e. The fraction of sp³-hybridized carbons (Fsp3) is 0.594. The SMILES string of the molecule is [Cu+2].c1ccc2c3[n-]c(c2c1)/N=C1\N=C(N=C2[N-]C(=NC4=NC(N3)C3CCCCC43)C3CCCCC23)C2CCCCC12.